The number of rotatable bonds is 4. The molecule has 1 saturated carbocycles. The van der Waals surface area contributed by atoms with Crippen molar-refractivity contribution >= 4 is 21.8 Å². The van der Waals surface area contributed by atoms with Gasteiger partial charge in [-0.15, -0.1) is 0 Å². The van der Waals surface area contributed by atoms with Gasteiger partial charge >= 0.3 is 0 Å². The molecule has 5 rings (SSSR count). The molecular weight excluding hydrogens is 394 g/mol. The topological polar surface area (TPSA) is 46.5 Å². The van der Waals surface area contributed by atoms with Gasteiger partial charge < -0.3 is 0 Å². The summed E-state index contributed by atoms with van der Waals surface area (Å²) < 4.78 is 31.8. The van der Waals surface area contributed by atoms with Crippen LogP contribution in [0.5, 0.6) is 0 Å². The van der Waals surface area contributed by atoms with E-state index in [0.717, 1.165) is 51.6 Å². The molecule has 1 atom stereocenters. The Labute approximate surface area is 180 Å². The maximum atomic E-state index is 15.0. The van der Waals surface area contributed by atoms with E-state index < -0.39 is 0 Å². The van der Waals surface area contributed by atoms with Crippen LogP contribution in [0.15, 0.2) is 24.3 Å². The fraction of sp³-hybridized carbons (Fsp3) is 0.440. The highest BCUT2D eigenvalue weighted by Crippen LogP contribution is 2.46. The monoisotopic (exact) mass is 422 g/mol. The van der Waals surface area contributed by atoms with Crippen molar-refractivity contribution in [2.75, 3.05) is 0 Å². The highest BCUT2D eigenvalue weighted by molar-refractivity contribution is 5.88. The van der Waals surface area contributed by atoms with Gasteiger partial charge in [0.15, 0.2) is 0 Å². The Morgan fingerprint density at radius 2 is 1.81 bits per heavy atom. The number of aromatic amines is 1. The number of aromatic nitrogens is 4. The van der Waals surface area contributed by atoms with E-state index >= 15 is 0 Å². The van der Waals surface area contributed by atoms with E-state index in [-0.39, 0.29) is 23.0 Å². The first kappa shape index (κ1) is 20.2. The number of hydrogen-bond acceptors (Lipinski definition) is 2. The van der Waals surface area contributed by atoms with Crippen LogP contribution in [0.1, 0.15) is 74.9 Å². The Hall–Kier alpha value is -2.76. The second kappa shape index (κ2) is 6.87. The maximum absolute atomic E-state index is 15.0. The first-order valence-electron chi connectivity index (χ1n) is 11.0. The van der Waals surface area contributed by atoms with Crippen LogP contribution in [0.4, 0.5) is 8.78 Å². The summed E-state index contributed by atoms with van der Waals surface area (Å²) in [6.07, 6.45) is 2.17. The molecule has 0 bridgehead atoms. The Balaban J connectivity index is 1.66. The first-order valence-corrected chi connectivity index (χ1v) is 11.0. The smallest absolute Gasteiger partial charge is 0.127 e. The van der Waals surface area contributed by atoms with E-state index in [1.54, 1.807) is 12.1 Å². The fourth-order valence-corrected chi connectivity index (χ4v) is 4.89. The van der Waals surface area contributed by atoms with Gasteiger partial charge in [-0.1, -0.05) is 27.7 Å². The number of nitrogens with one attached hydrogen (secondary N) is 1. The first-order chi connectivity index (χ1) is 14.7. The van der Waals surface area contributed by atoms with Crippen molar-refractivity contribution in [1.29, 1.82) is 0 Å². The third-order valence-electron chi connectivity index (χ3n) is 6.44. The Morgan fingerprint density at radius 3 is 2.48 bits per heavy atom. The molecule has 0 aliphatic heterocycles. The van der Waals surface area contributed by atoms with Crippen molar-refractivity contribution in [2.45, 2.75) is 71.3 Å². The molecule has 0 amide bonds. The highest BCUT2D eigenvalue weighted by atomic mass is 19.1. The van der Waals surface area contributed by atoms with E-state index in [2.05, 4.69) is 10.2 Å². The summed E-state index contributed by atoms with van der Waals surface area (Å²) in [4.78, 5) is 0. The molecule has 1 unspecified atom stereocenters. The maximum Gasteiger partial charge on any atom is 0.127 e. The van der Waals surface area contributed by atoms with Crippen LogP contribution < -0.4 is 0 Å². The molecule has 31 heavy (non-hydrogen) atoms. The predicted molar refractivity (Wildman–Crippen MR) is 120 cm³/mol. The molecule has 4 aromatic rings. The van der Waals surface area contributed by atoms with Gasteiger partial charge in [0.25, 0.3) is 0 Å². The van der Waals surface area contributed by atoms with Crippen LogP contribution in [0, 0.1) is 18.6 Å². The molecule has 1 fully saturated rings. The van der Waals surface area contributed by atoms with Gasteiger partial charge in [0.1, 0.15) is 11.6 Å². The van der Waals surface area contributed by atoms with E-state index in [1.807, 2.05) is 45.4 Å². The summed E-state index contributed by atoms with van der Waals surface area (Å²) in [7, 11) is 0. The largest absolute Gasteiger partial charge is 0.282 e. The number of benzene rings is 2. The van der Waals surface area contributed by atoms with Gasteiger partial charge in [-0.05, 0) is 49.4 Å². The van der Waals surface area contributed by atoms with Crippen molar-refractivity contribution in [1.82, 2.24) is 20.0 Å². The SMILES string of the molecule is Cc1[nH]nc2ccc(F)c(C(C)Cn3nc(C4CC4)c4c(C(C)(C)C)c(F)ccc43)c12. The second-order valence-electron chi connectivity index (χ2n) is 10.0. The highest BCUT2D eigenvalue weighted by Gasteiger charge is 2.34. The van der Waals surface area contributed by atoms with E-state index in [4.69, 9.17) is 5.10 Å². The molecule has 2 aromatic carbocycles. The number of halogens is 2. The van der Waals surface area contributed by atoms with E-state index in [9.17, 15) is 8.78 Å². The Bertz CT molecular complexity index is 1310. The van der Waals surface area contributed by atoms with E-state index in [0.29, 0.717) is 18.0 Å². The Kier molecular flexibility index (Phi) is 4.47. The number of hydrogen-bond donors (Lipinski definition) is 1. The average molecular weight is 423 g/mol. The summed E-state index contributed by atoms with van der Waals surface area (Å²) in [5.74, 6) is -0.152. The van der Waals surface area contributed by atoms with Crippen molar-refractivity contribution in [3.63, 3.8) is 0 Å². The molecule has 1 aliphatic rings. The lowest BCUT2D eigenvalue weighted by Gasteiger charge is -2.22. The van der Waals surface area contributed by atoms with E-state index in [1.165, 1.54) is 6.07 Å². The van der Waals surface area contributed by atoms with Gasteiger partial charge in [-0.25, -0.2) is 8.78 Å². The van der Waals surface area contributed by atoms with Crippen LogP contribution in [0.2, 0.25) is 0 Å². The summed E-state index contributed by atoms with van der Waals surface area (Å²) in [5, 5.41) is 14.0. The fourth-order valence-electron chi connectivity index (χ4n) is 4.89. The lowest BCUT2D eigenvalue weighted by molar-refractivity contribution is 0.524. The van der Waals surface area contributed by atoms with Crippen LogP contribution in [0.25, 0.3) is 21.8 Å². The lowest BCUT2D eigenvalue weighted by atomic mass is 9.83. The molecular formula is C25H28F2N4. The molecule has 6 heteroatoms. The zero-order valence-corrected chi connectivity index (χ0v) is 18.7. The van der Waals surface area contributed by atoms with Crippen LogP contribution in [0.3, 0.4) is 0 Å². The van der Waals surface area contributed by atoms with Gasteiger partial charge in [-0.2, -0.15) is 10.2 Å². The molecule has 0 spiro atoms. The summed E-state index contributed by atoms with van der Waals surface area (Å²) in [6.45, 7) is 10.6. The van der Waals surface area contributed by atoms with Crippen LogP contribution in [-0.2, 0) is 12.0 Å². The minimum absolute atomic E-state index is 0.127. The number of fused-ring (bicyclic) bond motifs is 2. The molecule has 4 nitrogen and oxygen atoms in total. The molecule has 2 heterocycles. The zero-order chi connectivity index (χ0) is 22.1. The standard InChI is InChI=1S/C25H28F2N4/c1-13(20-16(26)8-10-18-21(20)14(2)28-29-18)12-31-19-11-9-17(27)23(25(3,4)5)22(19)24(30-31)15-6-7-15/h8-11,13,15H,6-7,12H2,1-5H3,(H,28,29). The van der Waals surface area contributed by atoms with Gasteiger partial charge in [0.05, 0.1) is 16.7 Å². The average Bonchev–Trinajstić information content (AvgIpc) is 3.39. The van der Waals surface area contributed by atoms with Crippen molar-refractivity contribution in [3.05, 3.63) is 58.4 Å². The number of H-pyrrole nitrogens is 1. The van der Waals surface area contributed by atoms with Gasteiger partial charge in [-0.3, -0.25) is 9.78 Å². The molecule has 1 N–H and O–H groups in total. The molecule has 162 valence electrons. The lowest BCUT2D eigenvalue weighted by Crippen LogP contribution is -2.15. The number of aryl methyl sites for hydroxylation is 1. The van der Waals surface area contributed by atoms with Gasteiger partial charge in [0.2, 0.25) is 0 Å². The predicted octanol–water partition coefficient (Wildman–Crippen LogP) is 6.48. The summed E-state index contributed by atoms with van der Waals surface area (Å²) in [5.41, 5.74) is 4.59. The quantitative estimate of drug-likeness (QED) is 0.409. The van der Waals surface area contributed by atoms with Crippen LogP contribution >= 0.6 is 0 Å². The van der Waals surface area contributed by atoms with Crippen molar-refractivity contribution in [3.8, 4) is 0 Å². The minimum Gasteiger partial charge on any atom is -0.282 e. The normalized spacial score (nSPS) is 15.8. The zero-order valence-electron chi connectivity index (χ0n) is 18.7. The number of nitrogens with zero attached hydrogens (tertiary/aromatic N) is 3. The third kappa shape index (κ3) is 3.24. The Morgan fingerprint density at radius 1 is 1.10 bits per heavy atom. The molecule has 1 aliphatic carbocycles. The van der Waals surface area contributed by atoms with Crippen molar-refractivity contribution < 1.29 is 8.78 Å². The summed E-state index contributed by atoms with van der Waals surface area (Å²) >= 11 is 0. The molecule has 0 saturated heterocycles. The van der Waals surface area contributed by atoms with Crippen LogP contribution in [-0.4, -0.2) is 20.0 Å². The third-order valence-corrected chi connectivity index (χ3v) is 6.44. The molecule has 2 aromatic heterocycles. The molecule has 0 radical (unpaired) electrons. The van der Waals surface area contributed by atoms with Crippen molar-refractivity contribution in [2.24, 2.45) is 0 Å². The second-order valence-corrected chi connectivity index (χ2v) is 10.0. The minimum atomic E-state index is -0.335. The summed E-state index contributed by atoms with van der Waals surface area (Å²) in [6, 6.07) is 6.56. The van der Waals surface area contributed by atoms with Gasteiger partial charge in [0, 0.05) is 46.0 Å².